The Morgan fingerprint density at radius 3 is 2.60 bits per heavy atom. The zero-order valence-corrected chi connectivity index (χ0v) is 12.8. The molecule has 0 heterocycles. The van der Waals surface area contributed by atoms with Crippen LogP contribution in [0.15, 0.2) is 54.6 Å². The number of hydrogen-bond acceptors (Lipinski definition) is 2. The smallest absolute Gasteiger partial charge is 0.328 e. The van der Waals surface area contributed by atoms with Crippen LogP contribution in [-0.2, 0) is 11.4 Å². The molecule has 3 nitrogen and oxygen atoms in total. The van der Waals surface area contributed by atoms with E-state index in [9.17, 15) is 4.79 Å². The van der Waals surface area contributed by atoms with Crippen molar-refractivity contribution >= 4 is 34.6 Å². The molecule has 2 aromatic rings. The summed E-state index contributed by atoms with van der Waals surface area (Å²) in [6.45, 7) is 0.489. The maximum atomic E-state index is 10.6. The van der Waals surface area contributed by atoms with Crippen LogP contribution in [0.3, 0.4) is 0 Å². The summed E-state index contributed by atoms with van der Waals surface area (Å²) in [7, 11) is 0. The molecule has 0 aliphatic carbocycles. The molecular weight excluding hydrogens is 367 g/mol. The second kappa shape index (κ2) is 7.09. The third-order valence-corrected chi connectivity index (χ3v) is 3.79. The maximum Gasteiger partial charge on any atom is 0.328 e. The van der Waals surface area contributed by atoms with Gasteiger partial charge in [-0.2, -0.15) is 0 Å². The van der Waals surface area contributed by atoms with E-state index >= 15 is 0 Å². The zero-order chi connectivity index (χ0) is 14.4. The molecule has 0 atom stereocenters. The topological polar surface area (TPSA) is 46.5 Å². The van der Waals surface area contributed by atoms with Crippen LogP contribution in [0.5, 0.6) is 5.75 Å². The summed E-state index contributed by atoms with van der Waals surface area (Å²) in [5.41, 5.74) is 1.92. The average Bonchev–Trinajstić information content (AvgIpc) is 2.46. The highest BCUT2D eigenvalue weighted by Gasteiger charge is 2.05. The minimum Gasteiger partial charge on any atom is -0.488 e. The summed E-state index contributed by atoms with van der Waals surface area (Å²) in [6.07, 6.45) is 2.69. The molecule has 0 unspecified atom stereocenters. The van der Waals surface area contributed by atoms with Gasteiger partial charge in [-0.15, -0.1) is 0 Å². The number of halogens is 1. The Morgan fingerprint density at radius 2 is 1.90 bits per heavy atom. The van der Waals surface area contributed by atoms with Gasteiger partial charge in [0.1, 0.15) is 12.4 Å². The Labute approximate surface area is 131 Å². The zero-order valence-electron chi connectivity index (χ0n) is 10.6. The van der Waals surface area contributed by atoms with Gasteiger partial charge in [0.25, 0.3) is 0 Å². The SMILES string of the molecule is O=C(O)/C=C/c1cccc(OCc2ccccc2)c1I. The summed E-state index contributed by atoms with van der Waals surface area (Å²) in [4.78, 5) is 10.6. The van der Waals surface area contributed by atoms with Gasteiger partial charge in [-0.3, -0.25) is 0 Å². The Kier molecular flexibility index (Phi) is 5.17. The highest BCUT2D eigenvalue weighted by Crippen LogP contribution is 2.26. The first-order chi connectivity index (χ1) is 9.66. The molecule has 0 aromatic heterocycles. The number of carbonyl (C=O) groups is 1. The lowest BCUT2D eigenvalue weighted by molar-refractivity contribution is -0.131. The fourth-order valence-corrected chi connectivity index (χ4v) is 2.36. The molecule has 20 heavy (non-hydrogen) atoms. The van der Waals surface area contributed by atoms with Crippen LogP contribution >= 0.6 is 22.6 Å². The lowest BCUT2D eigenvalue weighted by Gasteiger charge is -2.10. The Morgan fingerprint density at radius 1 is 1.15 bits per heavy atom. The van der Waals surface area contributed by atoms with Crippen molar-refractivity contribution in [1.29, 1.82) is 0 Å². The highest BCUT2D eigenvalue weighted by molar-refractivity contribution is 14.1. The molecule has 0 spiro atoms. The van der Waals surface area contributed by atoms with Crippen molar-refractivity contribution in [3.8, 4) is 5.75 Å². The van der Waals surface area contributed by atoms with E-state index in [4.69, 9.17) is 9.84 Å². The van der Waals surface area contributed by atoms with Gasteiger partial charge in [0, 0.05) is 6.08 Å². The summed E-state index contributed by atoms with van der Waals surface area (Å²) < 4.78 is 6.68. The first-order valence-electron chi connectivity index (χ1n) is 6.03. The number of rotatable bonds is 5. The molecule has 0 bridgehead atoms. The first kappa shape index (κ1) is 14.6. The van der Waals surface area contributed by atoms with E-state index in [0.29, 0.717) is 6.61 Å². The van der Waals surface area contributed by atoms with Gasteiger partial charge in [-0.25, -0.2) is 4.79 Å². The standard InChI is InChI=1S/C16H13IO3/c17-16-13(9-10-15(18)19)7-4-8-14(16)20-11-12-5-2-1-3-6-12/h1-10H,11H2,(H,18,19)/b10-9+. The molecule has 1 N–H and O–H groups in total. The number of aliphatic carboxylic acids is 1. The largest absolute Gasteiger partial charge is 0.488 e. The van der Waals surface area contributed by atoms with E-state index in [1.807, 2.05) is 48.5 Å². The minimum atomic E-state index is -0.962. The van der Waals surface area contributed by atoms with Crippen molar-refractivity contribution in [3.63, 3.8) is 0 Å². The molecule has 0 radical (unpaired) electrons. The summed E-state index contributed by atoms with van der Waals surface area (Å²) in [6, 6.07) is 15.5. The van der Waals surface area contributed by atoms with Crippen molar-refractivity contribution in [2.75, 3.05) is 0 Å². The predicted molar refractivity (Wildman–Crippen MR) is 86.6 cm³/mol. The fourth-order valence-electron chi connectivity index (χ4n) is 1.66. The molecule has 0 amide bonds. The van der Waals surface area contributed by atoms with E-state index < -0.39 is 5.97 Å². The molecule has 0 aliphatic heterocycles. The van der Waals surface area contributed by atoms with Crippen LogP contribution < -0.4 is 4.74 Å². The molecule has 0 aliphatic rings. The van der Waals surface area contributed by atoms with Crippen molar-refractivity contribution in [1.82, 2.24) is 0 Å². The van der Waals surface area contributed by atoms with E-state index in [1.165, 1.54) is 0 Å². The van der Waals surface area contributed by atoms with Crippen LogP contribution in [0, 0.1) is 3.57 Å². The lowest BCUT2D eigenvalue weighted by Crippen LogP contribution is -1.97. The third-order valence-electron chi connectivity index (χ3n) is 2.64. The Bertz CT molecular complexity index is 621. The van der Waals surface area contributed by atoms with Crippen LogP contribution in [0.25, 0.3) is 6.08 Å². The molecule has 2 aromatic carbocycles. The second-order valence-corrected chi connectivity index (χ2v) is 5.18. The van der Waals surface area contributed by atoms with Gasteiger partial charge in [-0.1, -0.05) is 42.5 Å². The van der Waals surface area contributed by atoms with Gasteiger partial charge < -0.3 is 9.84 Å². The molecular formula is C16H13IO3. The van der Waals surface area contributed by atoms with Crippen LogP contribution in [0.4, 0.5) is 0 Å². The number of hydrogen-bond donors (Lipinski definition) is 1. The molecule has 4 heteroatoms. The number of benzene rings is 2. The molecule has 102 valence electrons. The van der Waals surface area contributed by atoms with Crippen molar-refractivity contribution in [2.45, 2.75) is 6.61 Å². The van der Waals surface area contributed by atoms with Crippen molar-refractivity contribution < 1.29 is 14.6 Å². The normalized spacial score (nSPS) is 10.7. The number of carboxylic acids is 1. The highest BCUT2D eigenvalue weighted by atomic mass is 127. The summed E-state index contributed by atoms with van der Waals surface area (Å²) in [5.74, 6) is -0.210. The van der Waals surface area contributed by atoms with Crippen LogP contribution in [-0.4, -0.2) is 11.1 Å². The van der Waals surface area contributed by atoms with Crippen molar-refractivity contribution in [3.05, 3.63) is 69.3 Å². The van der Waals surface area contributed by atoms with E-state index in [0.717, 1.165) is 26.5 Å². The first-order valence-corrected chi connectivity index (χ1v) is 7.11. The summed E-state index contributed by atoms with van der Waals surface area (Å²) in [5, 5.41) is 8.67. The van der Waals surface area contributed by atoms with Gasteiger partial charge in [-0.05, 0) is 45.9 Å². The molecule has 2 rings (SSSR count). The van der Waals surface area contributed by atoms with Crippen molar-refractivity contribution in [2.24, 2.45) is 0 Å². The van der Waals surface area contributed by atoms with E-state index in [-0.39, 0.29) is 0 Å². The van der Waals surface area contributed by atoms with Crippen LogP contribution in [0.1, 0.15) is 11.1 Å². The van der Waals surface area contributed by atoms with E-state index in [2.05, 4.69) is 22.6 Å². The Balaban J connectivity index is 2.12. The van der Waals surface area contributed by atoms with Gasteiger partial charge >= 0.3 is 5.97 Å². The lowest BCUT2D eigenvalue weighted by atomic mass is 10.2. The molecule has 0 saturated carbocycles. The number of carboxylic acid groups (broad SMARTS) is 1. The van der Waals surface area contributed by atoms with Crippen LogP contribution in [0.2, 0.25) is 0 Å². The van der Waals surface area contributed by atoms with E-state index in [1.54, 1.807) is 6.08 Å². The third kappa shape index (κ3) is 4.09. The predicted octanol–water partition coefficient (Wildman–Crippen LogP) is 3.97. The monoisotopic (exact) mass is 380 g/mol. The maximum absolute atomic E-state index is 10.6. The molecule has 0 fully saturated rings. The second-order valence-electron chi connectivity index (χ2n) is 4.11. The van der Waals surface area contributed by atoms with Gasteiger partial charge in [0.15, 0.2) is 0 Å². The average molecular weight is 380 g/mol. The number of ether oxygens (including phenoxy) is 1. The minimum absolute atomic E-state index is 0.489. The summed E-state index contributed by atoms with van der Waals surface area (Å²) >= 11 is 2.16. The quantitative estimate of drug-likeness (QED) is 0.631. The van der Waals surface area contributed by atoms with Gasteiger partial charge in [0.2, 0.25) is 0 Å². The van der Waals surface area contributed by atoms with Gasteiger partial charge in [0.05, 0.1) is 3.57 Å². The Hall–Kier alpha value is -1.82. The molecule has 0 saturated heterocycles. The fraction of sp³-hybridized carbons (Fsp3) is 0.0625.